The number of hydrogen-bond acceptors (Lipinski definition) is 2. The zero-order chi connectivity index (χ0) is 20.1. The number of nitrogens with one attached hydrogen (secondary N) is 1. The predicted molar refractivity (Wildman–Crippen MR) is 114 cm³/mol. The van der Waals surface area contributed by atoms with Crippen LogP contribution in [0.25, 0.3) is 5.57 Å². The molecule has 1 N–H and O–H groups in total. The summed E-state index contributed by atoms with van der Waals surface area (Å²) in [7, 11) is 1.74. The summed E-state index contributed by atoms with van der Waals surface area (Å²) in [6, 6.07) is 14.4. The summed E-state index contributed by atoms with van der Waals surface area (Å²) in [5, 5.41) is 3.00. The van der Waals surface area contributed by atoms with Gasteiger partial charge in [0.05, 0.1) is 0 Å². The molecule has 0 aliphatic carbocycles. The molecule has 28 heavy (non-hydrogen) atoms. The number of rotatable bonds is 6. The molecule has 1 aliphatic heterocycles. The first-order valence-corrected chi connectivity index (χ1v) is 9.51. The molecule has 0 spiro atoms. The molecule has 1 heterocycles. The van der Waals surface area contributed by atoms with E-state index >= 15 is 0 Å². The molecule has 0 aromatic heterocycles. The fourth-order valence-corrected chi connectivity index (χ4v) is 3.56. The highest BCUT2D eigenvalue weighted by atomic mass is 16.1. The molecule has 0 bridgehead atoms. The summed E-state index contributed by atoms with van der Waals surface area (Å²) in [6.45, 7) is 4.09. The van der Waals surface area contributed by atoms with Crippen molar-refractivity contribution in [2.45, 2.75) is 33.1 Å². The Bertz CT molecular complexity index is 939. The van der Waals surface area contributed by atoms with Gasteiger partial charge in [-0.15, -0.1) is 0 Å². The molecule has 144 valence electrons. The SMILES string of the molecule is CC(C)=C/C(=C\N(C)C=O)c1ccc2c(c1Cc1ccccc1)CCC(=O)N2. The summed E-state index contributed by atoms with van der Waals surface area (Å²) >= 11 is 0. The van der Waals surface area contributed by atoms with Gasteiger partial charge in [0.2, 0.25) is 12.3 Å². The van der Waals surface area contributed by atoms with Gasteiger partial charge >= 0.3 is 0 Å². The number of carbonyl (C=O) groups is 2. The van der Waals surface area contributed by atoms with Crippen molar-refractivity contribution in [2.24, 2.45) is 0 Å². The maximum absolute atomic E-state index is 11.9. The molecule has 4 nitrogen and oxygen atoms in total. The van der Waals surface area contributed by atoms with Gasteiger partial charge in [-0.2, -0.15) is 0 Å². The van der Waals surface area contributed by atoms with Crippen LogP contribution in [0.1, 0.15) is 42.5 Å². The third-order valence-electron chi connectivity index (χ3n) is 4.80. The molecule has 0 radical (unpaired) electrons. The van der Waals surface area contributed by atoms with Gasteiger partial charge in [0.1, 0.15) is 0 Å². The van der Waals surface area contributed by atoms with Gasteiger partial charge in [0.25, 0.3) is 0 Å². The molecule has 2 aromatic rings. The smallest absolute Gasteiger partial charge is 0.224 e. The van der Waals surface area contributed by atoms with E-state index in [1.54, 1.807) is 7.05 Å². The van der Waals surface area contributed by atoms with Gasteiger partial charge in [-0.25, -0.2) is 0 Å². The van der Waals surface area contributed by atoms with Crippen LogP contribution >= 0.6 is 0 Å². The molecule has 0 saturated heterocycles. The van der Waals surface area contributed by atoms with Crippen LogP contribution in [0.15, 0.2) is 60.3 Å². The van der Waals surface area contributed by atoms with Crippen LogP contribution < -0.4 is 5.32 Å². The summed E-state index contributed by atoms with van der Waals surface area (Å²) < 4.78 is 0. The lowest BCUT2D eigenvalue weighted by Crippen LogP contribution is -2.21. The van der Waals surface area contributed by atoms with Crippen LogP contribution in [-0.2, 0) is 22.4 Å². The van der Waals surface area contributed by atoms with Crippen molar-refractivity contribution >= 4 is 23.6 Å². The summed E-state index contributed by atoms with van der Waals surface area (Å²) in [5.41, 5.74) is 7.73. The number of anilines is 1. The minimum atomic E-state index is 0.0617. The molecular weight excluding hydrogens is 348 g/mol. The average molecular weight is 374 g/mol. The van der Waals surface area contributed by atoms with Gasteiger partial charge < -0.3 is 10.2 Å². The van der Waals surface area contributed by atoms with Crippen LogP contribution in [0.5, 0.6) is 0 Å². The van der Waals surface area contributed by atoms with E-state index in [0.29, 0.717) is 6.42 Å². The first-order chi connectivity index (χ1) is 13.5. The van der Waals surface area contributed by atoms with Crippen molar-refractivity contribution in [3.63, 3.8) is 0 Å². The van der Waals surface area contributed by atoms with Gasteiger partial charge in [0.15, 0.2) is 0 Å². The van der Waals surface area contributed by atoms with E-state index in [4.69, 9.17) is 0 Å². The van der Waals surface area contributed by atoms with Crippen molar-refractivity contribution < 1.29 is 9.59 Å². The highest BCUT2D eigenvalue weighted by Crippen LogP contribution is 2.34. The number of allylic oxidation sites excluding steroid dienone is 3. The van der Waals surface area contributed by atoms with E-state index in [1.807, 2.05) is 50.4 Å². The van der Waals surface area contributed by atoms with Crippen molar-refractivity contribution in [1.82, 2.24) is 4.90 Å². The second kappa shape index (κ2) is 8.70. The standard InChI is InChI=1S/C24H26N2O2/c1-17(2)13-19(15-26(3)16-27)20-9-11-23-21(10-12-24(28)25-23)22(20)14-18-7-5-4-6-8-18/h4-9,11,13,15-16H,10,12,14H2,1-3H3,(H,25,28)/b19-15+. The van der Waals surface area contributed by atoms with E-state index in [9.17, 15) is 9.59 Å². The first kappa shape index (κ1) is 19.6. The summed E-state index contributed by atoms with van der Waals surface area (Å²) in [4.78, 5) is 24.6. The molecule has 1 aliphatic rings. The topological polar surface area (TPSA) is 49.4 Å². The Labute approximate surface area is 166 Å². The van der Waals surface area contributed by atoms with E-state index in [-0.39, 0.29) is 5.91 Å². The molecule has 2 aromatic carbocycles. The van der Waals surface area contributed by atoms with Gasteiger partial charge in [-0.1, -0.05) is 48.0 Å². The number of hydrogen-bond donors (Lipinski definition) is 1. The highest BCUT2D eigenvalue weighted by Gasteiger charge is 2.21. The Hall–Kier alpha value is -3.14. The third kappa shape index (κ3) is 4.58. The van der Waals surface area contributed by atoms with Crippen molar-refractivity contribution in [1.29, 1.82) is 0 Å². The number of fused-ring (bicyclic) bond motifs is 1. The van der Waals surface area contributed by atoms with Gasteiger partial charge in [0, 0.05) is 25.4 Å². The van der Waals surface area contributed by atoms with E-state index in [2.05, 4.69) is 23.5 Å². The first-order valence-electron chi connectivity index (χ1n) is 9.51. The number of benzene rings is 2. The normalized spacial score (nSPS) is 13.4. The highest BCUT2D eigenvalue weighted by molar-refractivity contribution is 5.95. The molecule has 0 unspecified atom stereocenters. The van der Waals surface area contributed by atoms with Crippen molar-refractivity contribution in [3.05, 3.63) is 82.6 Å². The van der Waals surface area contributed by atoms with E-state index in [0.717, 1.165) is 41.6 Å². The summed E-state index contributed by atoms with van der Waals surface area (Å²) in [6.07, 6.45) is 6.74. The molecule has 0 atom stereocenters. The summed E-state index contributed by atoms with van der Waals surface area (Å²) in [5.74, 6) is 0.0617. The minimum absolute atomic E-state index is 0.0617. The fourth-order valence-electron chi connectivity index (χ4n) is 3.56. The van der Waals surface area contributed by atoms with Crippen LogP contribution in [0, 0.1) is 0 Å². The largest absolute Gasteiger partial charge is 0.326 e. The lowest BCUT2D eigenvalue weighted by Gasteiger charge is -2.24. The van der Waals surface area contributed by atoms with Gasteiger partial charge in [-0.05, 0) is 60.6 Å². The maximum atomic E-state index is 11.9. The Morgan fingerprint density at radius 3 is 2.54 bits per heavy atom. The van der Waals surface area contributed by atoms with Crippen molar-refractivity contribution in [2.75, 3.05) is 12.4 Å². The fraction of sp³-hybridized carbons (Fsp3) is 0.250. The Morgan fingerprint density at radius 1 is 1.11 bits per heavy atom. The number of amides is 2. The zero-order valence-corrected chi connectivity index (χ0v) is 16.7. The Morgan fingerprint density at radius 2 is 1.86 bits per heavy atom. The second-order valence-electron chi connectivity index (χ2n) is 7.41. The minimum Gasteiger partial charge on any atom is -0.326 e. The molecule has 2 amide bonds. The van der Waals surface area contributed by atoms with E-state index < -0.39 is 0 Å². The van der Waals surface area contributed by atoms with Crippen LogP contribution in [-0.4, -0.2) is 24.3 Å². The molecule has 0 saturated carbocycles. The van der Waals surface area contributed by atoms with E-state index in [1.165, 1.54) is 21.6 Å². The number of nitrogens with zero attached hydrogens (tertiary/aromatic N) is 1. The van der Waals surface area contributed by atoms with Crippen LogP contribution in [0.4, 0.5) is 5.69 Å². The van der Waals surface area contributed by atoms with Crippen LogP contribution in [0.3, 0.4) is 0 Å². The third-order valence-corrected chi connectivity index (χ3v) is 4.80. The molecule has 4 heteroatoms. The molecular formula is C24H26N2O2. The number of carbonyl (C=O) groups excluding carboxylic acids is 2. The monoisotopic (exact) mass is 374 g/mol. The average Bonchev–Trinajstić information content (AvgIpc) is 2.67. The quantitative estimate of drug-likeness (QED) is 0.595. The molecule has 3 rings (SSSR count). The molecule has 0 fully saturated rings. The Balaban J connectivity index is 2.18. The van der Waals surface area contributed by atoms with Crippen LogP contribution in [0.2, 0.25) is 0 Å². The van der Waals surface area contributed by atoms with Gasteiger partial charge in [-0.3, -0.25) is 9.59 Å². The lowest BCUT2D eigenvalue weighted by molar-refractivity contribution is -0.116. The second-order valence-corrected chi connectivity index (χ2v) is 7.41. The predicted octanol–water partition coefficient (Wildman–Crippen LogP) is 4.56. The zero-order valence-electron chi connectivity index (χ0n) is 16.7. The maximum Gasteiger partial charge on any atom is 0.224 e. The van der Waals surface area contributed by atoms with Crippen molar-refractivity contribution in [3.8, 4) is 0 Å². The Kier molecular flexibility index (Phi) is 6.09. The lowest BCUT2D eigenvalue weighted by atomic mass is 9.86.